The van der Waals surface area contributed by atoms with E-state index >= 15 is 0 Å². The van der Waals surface area contributed by atoms with Gasteiger partial charge < -0.3 is 30.5 Å². The molecule has 0 radical (unpaired) electrons. The number of anilines is 4. The Bertz CT molecular complexity index is 1650. The highest BCUT2D eigenvalue weighted by Gasteiger charge is 2.32. The van der Waals surface area contributed by atoms with E-state index in [1.807, 2.05) is 32.0 Å². The van der Waals surface area contributed by atoms with Crippen molar-refractivity contribution in [1.29, 1.82) is 0 Å². The molecule has 4 aromatic rings. The monoisotopic (exact) mass is 606 g/mol. The summed E-state index contributed by atoms with van der Waals surface area (Å²) >= 11 is 0. The lowest BCUT2D eigenvalue weighted by Crippen LogP contribution is -2.34. The molecule has 1 atom stereocenters. The van der Waals surface area contributed by atoms with Crippen LogP contribution in [0.1, 0.15) is 17.5 Å². The van der Waals surface area contributed by atoms with Gasteiger partial charge in [-0.1, -0.05) is 0 Å². The molecule has 0 unspecified atom stereocenters. The van der Waals surface area contributed by atoms with Gasteiger partial charge in [-0.2, -0.15) is 13.2 Å². The number of carbonyl (C=O) groups excluding carboxylic acids is 1. The van der Waals surface area contributed by atoms with Crippen LogP contribution in [0.15, 0.2) is 67.0 Å². The van der Waals surface area contributed by atoms with E-state index in [2.05, 4.69) is 35.8 Å². The molecule has 3 N–H and O–H groups in total. The van der Waals surface area contributed by atoms with Gasteiger partial charge >= 0.3 is 12.2 Å². The molecule has 2 aromatic heterocycles. The Labute approximate surface area is 253 Å². The van der Waals surface area contributed by atoms with Crippen molar-refractivity contribution in [3.63, 3.8) is 0 Å². The number of likely N-dealkylation sites (N-methyl/N-ethyl adjacent to an activating group) is 2. The van der Waals surface area contributed by atoms with Crippen LogP contribution in [0, 0.1) is 6.92 Å². The average Bonchev–Trinajstić information content (AvgIpc) is 3.44. The first-order valence-electron chi connectivity index (χ1n) is 14.0. The number of halogens is 3. The van der Waals surface area contributed by atoms with Crippen LogP contribution in [0.4, 0.5) is 41.0 Å². The number of benzene rings is 2. The molecule has 1 fully saturated rings. The molecular formula is C31H33F3N8O2. The van der Waals surface area contributed by atoms with Gasteiger partial charge in [-0.15, -0.1) is 0 Å². The topological polar surface area (TPSA) is 108 Å². The molecule has 13 heteroatoms. The number of hydrogen-bond donors (Lipinski definition) is 3. The van der Waals surface area contributed by atoms with Gasteiger partial charge in [-0.25, -0.2) is 19.7 Å². The molecule has 3 heterocycles. The van der Waals surface area contributed by atoms with Crippen molar-refractivity contribution in [3.8, 4) is 22.9 Å². The van der Waals surface area contributed by atoms with E-state index in [0.717, 1.165) is 31.6 Å². The van der Waals surface area contributed by atoms with Gasteiger partial charge in [0.2, 0.25) is 11.8 Å². The van der Waals surface area contributed by atoms with E-state index in [1.165, 1.54) is 6.07 Å². The summed E-state index contributed by atoms with van der Waals surface area (Å²) in [6, 6.07) is 13.2. The molecule has 1 aliphatic heterocycles. The van der Waals surface area contributed by atoms with Crippen LogP contribution in [-0.4, -0.2) is 66.2 Å². The molecule has 0 bridgehead atoms. The van der Waals surface area contributed by atoms with Crippen LogP contribution < -0.4 is 25.6 Å². The summed E-state index contributed by atoms with van der Waals surface area (Å²) in [5.74, 6) is 1.30. The largest absolute Gasteiger partial charge is 0.438 e. The number of aromatic nitrogens is 3. The van der Waals surface area contributed by atoms with E-state index in [4.69, 9.17) is 4.74 Å². The molecule has 5 rings (SSSR count). The standard InChI is InChI=1S/C31H33F3N8O2/c1-19-16-21(8-10-27(19)44-28-23(6-5-13-36-28)24-11-14-37-29(35-2)39-24)38-30(43)40-25-17-20(31(32,33)34)7-9-26(25)42(4)22-12-15-41(3)18-22/h5-11,13-14,16-17,22H,12,15,18H2,1-4H3,(H,35,37,39)(H2,38,40,43)/t22-/m0/s1. The van der Waals surface area contributed by atoms with Gasteiger partial charge in [0, 0.05) is 44.8 Å². The van der Waals surface area contributed by atoms with Crippen LogP contribution in [-0.2, 0) is 6.18 Å². The average molecular weight is 607 g/mol. The van der Waals surface area contributed by atoms with Crippen LogP contribution in [0.3, 0.4) is 0 Å². The third-order valence-electron chi connectivity index (χ3n) is 7.43. The van der Waals surface area contributed by atoms with Gasteiger partial charge in [0.15, 0.2) is 0 Å². The number of alkyl halides is 3. The molecule has 0 spiro atoms. The fourth-order valence-electron chi connectivity index (χ4n) is 5.07. The molecule has 10 nitrogen and oxygen atoms in total. The molecule has 1 saturated heterocycles. The number of aryl methyl sites for hydroxylation is 1. The molecule has 1 aliphatic rings. The second kappa shape index (κ2) is 12.8. The summed E-state index contributed by atoms with van der Waals surface area (Å²) in [6.07, 6.45) is -0.446. The van der Waals surface area contributed by atoms with Crippen molar-refractivity contribution in [3.05, 3.63) is 78.1 Å². The van der Waals surface area contributed by atoms with Crippen LogP contribution in [0.2, 0.25) is 0 Å². The molecule has 0 aliphatic carbocycles. The lowest BCUT2D eigenvalue weighted by atomic mass is 10.1. The number of urea groups is 1. The first-order valence-corrected chi connectivity index (χ1v) is 14.0. The number of amides is 2. The van der Waals surface area contributed by atoms with Crippen LogP contribution in [0.5, 0.6) is 11.6 Å². The maximum absolute atomic E-state index is 13.6. The first-order chi connectivity index (χ1) is 21.0. The van der Waals surface area contributed by atoms with Gasteiger partial charge in [0.05, 0.1) is 28.2 Å². The minimum atomic E-state index is -4.55. The minimum Gasteiger partial charge on any atom is -0.438 e. The van der Waals surface area contributed by atoms with Crippen LogP contribution >= 0.6 is 0 Å². The summed E-state index contributed by atoms with van der Waals surface area (Å²) in [6.45, 7) is 3.47. The molecule has 2 aromatic carbocycles. The minimum absolute atomic E-state index is 0.0693. The van der Waals surface area contributed by atoms with Crippen molar-refractivity contribution < 1.29 is 22.7 Å². The Kier molecular flexibility index (Phi) is 8.86. The predicted octanol–water partition coefficient (Wildman–Crippen LogP) is 6.48. The Balaban J connectivity index is 1.33. The van der Waals surface area contributed by atoms with Crippen LogP contribution in [0.25, 0.3) is 11.3 Å². The fraction of sp³-hybridized carbons (Fsp3) is 0.290. The second-order valence-corrected chi connectivity index (χ2v) is 10.6. The Morgan fingerprint density at radius 3 is 2.59 bits per heavy atom. The Morgan fingerprint density at radius 2 is 1.89 bits per heavy atom. The van der Waals surface area contributed by atoms with Crippen molar-refractivity contribution in [1.82, 2.24) is 19.9 Å². The highest BCUT2D eigenvalue weighted by atomic mass is 19.4. The van der Waals surface area contributed by atoms with Crippen molar-refractivity contribution in [2.45, 2.75) is 25.6 Å². The number of nitrogens with zero attached hydrogens (tertiary/aromatic N) is 5. The summed E-state index contributed by atoms with van der Waals surface area (Å²) in [7, 11) is 5.55. The molecule has 230 valence electrons. The zero-order chi connectivity index (χ0) is 31.4. The van der Waals surface area contributed by atoms with Crippen molar-refractivity contribution in [2.24, 2.45) is 0 Å². The summed E-state index contributed by atoms with van der Waals surface area (Å²) in [4.78, 5) is 30.1. The lowest BCUT2D eigenvalue weighted by molar-refractivity contribution is -0.137. The SMILES string of the molecule is CNc1nccc(-c2cccnc2Oc2ccc(NC(=O)Nc3cc(C(F)(F)F)ccc3N(C)[C@H]3CCN(C)C3)cc2C)n1. The maximum atomic E-state index is 13.6. The van der Waals surface area contributed by atoms with E-state index in [1.54, 1.807) is 49.8 Å². The smallest absolute Gasteiger partial charge is 0.416 e. The number of rotatable bonds is 8. The van der Waals surface area contributed by atoms with Gasteiger partial charge in [0.25, 0.3) is 0 Å². The Hall–Kier alpha value is -4.91. The van der Waals surface area contributed by atoms with E-state index < -0.39 is 17.8 Å². The zero-order valence-electron chi connectivity index (χ0n) is 24.7. The van der Waals surface area contributed by atoms with Gasteiger partial charge in [-0.05, 0) is 87.1 Å². The van der Waals surface area contributed by atoms with Gasteiger partial charge in [-0.3, -0.25) is 0 Å². The molecule has 2 amide bonds. The van der Waals surface area contributed by atoms with Crippen molar-refractivity contribution in [2.75, 3.05) is 55.1 Å². The highest BCUT2D eigenvalue weighted by molar-refractivity contribution is 6.02. The molecule has 44 heavy (non-hydrogen) atoms. The number of likely N-dealkylation sites (tertiary alicyclic amines) is 1. The Morgan fingerprint density at radius 1 is 1.07 bits per heavy atom. The second-order valence-electron chi connectivity index (χ2n) is 10.6. The number of ether oxygens (including phenoxy) is 1. The fourth-order valence-corrected chi connectivity index (χ4v) is 5.07. The van der Waals surface area contributed by atoms with Crippen molar-refractivity contribution >= 4 is 29.0 Å². The number of carbonyl (C=O) groups is 1. The predicted molar refractivity (Wildman–Crippen MR) is 164 cm³/mol. The lowest BCUT2D eigenvalue weighted by Gasteiger charge is -2.29. The number of hydrogen-bond acceptors (Lipinski definition) is 8. The highest BCUT2D eigenvalue weighted by Crippen LogP contribution is 2.37. The summed E-state index contributed by atoms with van der Waals surface area (Å²) in [5, 5.41) is 8.26. The third-order valence-corrected chi connectivity index (χ3v) is 7.43. The molecular weight excluding hydrogens is 573 g/mol. The van der Waals surface area contributed by atoms with E-state index in [9.17, 15) is 18.0 Å². The normalized spacial score (nSPS) is 15.1. The molecule has 0 saturated carbocycles. The quantitative estimate of drug-likeness (QED) is 0.209. The van der Waals surface area contributed by atoms with E-state index in [-0.39, 0.29) is 11.7 Å². The first kappa shape index (κ1) is 30.5. The third kappa shape index (κ3) is 7.00. The summed E-state index contributed by atoms with van der Waals surface area (Å²) in [5.41, 5.74) is 2.15. The number of pyridine rings is 1. The van der Waals surface area contributed by atoms with Gasteiger partial charge in [0.1, 0.15) is 5.75 Å². The van der Waals surface area contributed by atoms with E-state index in [0.29, 0.717) is 45.8 Å². The maximum Gasteiger partial charge on any atom is 0.416 e. The summed E-state index contributed by atoms with van der Waals surface area (Å²) < 4.78 is 46.8. The zero-order valence-corrected chi connectivity index (χ0v) is 24.7. The number of nitrogens with one attached hydrogen (secondary N) is 3.